The molecule has 0 fully saturated rings. The lowest BCUT2D eigenvalue weighted by Crippen LogP contribution is -2.23. The number of amides is 1. The predicted octanol–water partition coefficient (Wildman–Crippen LogP) is 3.69. The number of rotatable bonds is 4. The largest absolute Gasteiger partial charge is 0.355 e. The Balaban J connectivity index is 1.80. The van der Waals surface area contributed by atoms with Crippen molar-refractivity contribution in [2.75, 3.05) is 0 Å². The molecule has 0 saturated carbocycles. The summed E-state index contributed by atoms with van der Waals surface area (Å²) in [6.07, 6.45) is 1.16. The Kier molecular flexibility index (Phi) is 4.33. The van der Waals surface area contributed by atoms with Crippen molar-refractivity contribution in [3.63, 3.8) is 0 Å². The van der Waals surface area contributed by atoms with Crippen LogP contribution in [0.3, 0.4) is 0 Å². The van der Waals surface area contributed by atoms with E-state index in [1.54, 1.807) is 18.2 Å². The fraction of sp³-hybridized carbons (Fsp3) is 0.0588. The smallest absolute Gasteiger partial charge is 0.257 e. The Hall–Kier alpha value is -3.09. The quantitative estimate of drug-likeness (QED) is 0.793. The summed E-state index contributed by atoms with van der Waals surface area (Å²) < 4.78 is 44.9. The molecule has 7 heteroatoms. The molecule has 122 valence electrons. The first kappa shape index (κ1) is 15.8. The number of halogens is 3. The maximum absolute atomic E-state index is 13.5. The third kappa shape index (κ3) is 3.15. The number of hydrogen-bond donors (Lipinski definition) is 1. The van der Waals surface area contributed by atoms with Gasteiger partial charge < -0.3 is 9.84 Å². The number of benzene rings is 2. The summed E-state index contributed by atoms with van der Waals surface area (Å²) in [7, 11) is 0. The molecule has 0 aliphatic carbocycles. The van der Waals surface area contributed by atoms with Crippen LogP contribution in [0.2, 0.25) is 0 Å². The first-order chi connectivity index (χ1) is 11.6. The molecular formula is C17H11F3N2O2. The van der Waals surface area contributed by atoms with Crippen molar-refractivity contribution in [3.8, 4) is 11.3 Å². The third-order valence-electron chi connectivity index (χ3n) is 3.39. The minimum Gasteiger partial charge on any atom is -0.355 e. The molecule has 1 N–H and O–H groups in total. The van der Waals surface area contributed by atoms with Gasteiger partial charge in [-0.15, -0.1) is 0 Å². The minimum atomic E-state index is -1.07. The molecule has 4 nitrogen and oxygen atoms in total. The highest BCUT2D eigenvalue weighted by Crippen LogP contribution is 2.25. The van der Waals surface area contributed by atoms with Crippen molar-refractivity contribution in [1.82, 2.24) is 10.5 Å². The first-order valence-electron chi connectivity index (χ1n) is 6.98. The number of aromatic nitrogens is 1. The summed E-state index contributed by atoms with van der Waals surface area (Å²) in [4.78, 5) is 12.2. The summed E-state index contributed by atoms with van der Waals surface area (Å²) in [6.45, 7) is -0.0338. The van der Waals surface area contributed by atoms with E-state index in [-0.39, 0.29) is 23.4 Å². The van der Waals surface area contributed by atoms with E-state index >= 15 is 0 Å². The maximum Gasteiger partial charge on any atom is 0.257 e. The molecule has 0 radical (unpaired) electrons. The average Bonchev–Trinajstić information content (AvgIpc) is 3.06. The van der Waals surface area contributed by atoms with Crippen molar-refractivity contribution in [2.45, 2.75) is 6.54 Å². The molecule has 1 aromatic heterocycles. The second-order valence-corrected chi connectivity index (χ2v) is 4.97. The topological polar surface area (TPSA) is 55.1 Å². The second-order valence-electron chi connectivity index (χ2n) is 4.97. The van der Waals surface area contributed by atoms with Crippen LogP contribution in [-0.4, -0.2) is 11.1 Å². The van der Waals surface area contributed by atoms with Crippen molar-refractivity contribution in [2.24, 2.45) is 0 Å². The van der Waals surface area contributed by atoms with Crippen LogP contribution >= 0.6 is 0 Å². The van der Waals surface area contributed by atoms with Crippen molar-refractivity contribution >= 4 is 5.91 Å². The second kappa shape index (κ2) is 6.57. The van der Waals surface area contributed by atoms with E-state index in [1.165, 1.54) is 12.1 Å². The number of carbonyl (C=O) groups is 1. The van der Waals surface area contributed by atoms with Crippen LogP contribution in [0.4, 0.5) is 13.2 Å². The lowest BCUT2D eigenvalue weighted by Gasteiger charge is -2.06. The average molecular weight is 332 g/mol. The summed E-state index contributed by atoms with van der Waals surface area (Å²) in [5.41, 5.74) is 0.525. The Labute approximate surface area is 134 Å². The first-order valence-corrected chi connectivity index (χ1v) is 6.98. The highest BCUT2D eigenvalue weighted by Gasteiger charge is 2.19. The van der Waals surface area contributed by atoms with Gasteiger partial charge in [-0.2, -0.15) is 0 Å². The summed E-state index contributed by atoms with van der Waals surface area (Å²) in [6, 6.07) is 9.12. The molecule has 3 aromatic rings. The SMILES string of the molecule is O=C(NCc1ccccc1F)c1cnoc1-c1ccc(F)c(F)c1. The van der Waals surface area contributed by atoms with Gasteiger partial charge in [-0.1, -0.05) is 23.4 Å². The Bertz CT molecular complexity index is 893. The fourth-order valence-corrected chi connectivity index (χ4v) is 2.16. The van der Waals surface area contributed by atoms with Gasteiger partial charge in [0.1, 0.15) is 11.4 Å². The number of hydrogen-bond acceptors (Lipinski definition) is 3. The van der Waals surface area contributed by atoms with Gasteiger partial charge >= 0.3 is 0 Å². The molecule has 1 heterocycles. The molecule has 0 atom stereocenters. The lowest BCUT2D eigenvalue weighted by molar-refractivity contribution is 0.0951. The zero-order chi connectivity index (χ0) is 17.1. The van der Waals surface area contributed by atoms with Gasteiger partial charge in [0.25, 0.3) is 5.91 Å². The predicted molar refractivity (Wildman–Crippen MR) is 79.4 cm³/mol. The van der Waals surface area contributed by atoms with Crippen LogP contribution in [0.5, 0.6) is 0 Å². The third-order valence-corrected chi connectivity index (χ3v) is 3.39. The summed E-state index contributed by atoms with van der Waals surface area (Å²) >= 11 is 0. The van der Waals surface area contributed by atoms with E-state index in [1.807, 2.05) is 0 Å². The molecule has 0 spiro atoms. The number of carbonyl (C=O) groups excluding carboxylic acids is 1. The lowest BCUT2D eigenvalue weighted by atomic mass is 10.1. The zero-order valence-electron chi connectivity index (χ0n) is 12.2. The van der Waals surface area contributed by atoms with E-state index in [4.69, 9.17) is 4.52 Å². The molecule has 3 rings (SSSR count). The van der Waals surface area contributed by atoms with E-state index < -0.39 is 23.4 Å². The minimum absolute atomic E-state index is 0.0000615. The fourth-order valence-electron chi connectivity index (χ4n) is 2.16. The molecule has 0 bridgehead atoms. The van der Waals surface area contributed by atoms with Gasteiger partial charge in [0, 0.05) is 17.7 Å². The molecule has 0 unspecified atom stereocenters. The Morgan fingerprint density at radius 3 is 2.58 bits per heavy atom. The van der Waals surface area contributed by atoms with Crippen LogP contribution in [-0.2, 0) is 6.54 Å². The molecule has 2 aromatic carbocycles. The van der Waals surface area contributed by atoms with E-state index in [9.17, 15) is 18.0 Å². The monoisotopic (exact) mass is 332 g/mol. The molecule has 0 aliphatic heterocycles. The molecule has 24 heavy (non-hydrogen) atoms. The molecule has 0 aliphatic rings. The van der Waals surface area contributed by atoms with Gasteiger partial charge in [0.15, 0.2) is 17.4 Å². The van der Waals surface area contributed by atoms with Crippen LogP contribution < -0.4 is 5.32 Å². The number of nitrogens with one attached hydrogen (secondary N) is 1. The summed E-state index contributed by atoms with van der Waals surface area (Å²) in [5.74, 6) is -3.09. The van der Waals surface area contributed by atoms with Gasteiger partial charge in [-0.3, -0.25) is 4.79 Å². The van der Waals surface area contributed by atoms with Gasteiger partial charge in [0.05, 0.1) is 6.20 Å². The van der Waals surface area contributed by atoms with Crippen molar-refractivity contribution < 1.29 is 22.5 Å². The molecule has 1 amide bonds. The Morgan fingerprint density at radius 1 is 1.04 bits per heavy atom. The standard InChI is InChI=1S/C17H11F3N2O2/c18-13-4-2-1-3-11(13)8-21-17(23)12-9-22-24-16(12)10-5-6-14(19)15(20)7-10/h1-7,9H,8H2,(H,21,23). The number of nitrogens with zero attached hydrogens (tertiary/aromatic N) is 1. The Morgan fingerprint density at radius 2 is 1.83 bits per heavy atom. The van der Waals surface area contributed by atoms with Crippen molar-refractivity contribution in [3.05, 3.63) is 77.2 Å². The van der Waals surface area contributed by atoms with Crippen LogP contribution in [0.15, 0.2) is 53.2 Å². The van der Waals surface area contributed by atoms with Crippen LogP contribution in [0.1, 0.15) is 15.9 Å². The van der Waals surface area contributed by atoms with Gasteiger partial charge in [-0.25, -0.2) is 13.2 Å². The van der Waals surface area contributed by atoms with Gasteiger partial charge in [0.2, 0.25) is 0 Å². The highest BCUT2D eigenvalue weighted by molar-refractivity contribution is 5.99. The van der Waals surface area contributed by atoms with Crippen molar-refractivity contribution in [1.29, 1.82) is 0 Å². The van der Waals surface area contributed by atoms with E-state index in [2.05, 4.69) is 10.5 Å². The zero-order valence-corrected chi connectivity index (χ0v) is 12.2. The highest BCUT2D eigenvalue weighted by atomic mass is 19.2. The van der Waals surface area contributed by atoms with Crippen LogP contribution in [0, 0.1) is 17.5 Å². The van der Waals surface area contributed by atoms with Crippen LogP contribution in [0.25, 0.3) is 11.3 Å². The normalized spacial score (nSPS) is 10.6. The summed E-state index contributed by atoms with van der Waals surface area (Å²) in [5, 5.41) is 6.05. The maximum atomic E-state index is 13.5. The van der Waals surface area contributed by atoms with Gasteiger partial charge in [-0.05, 0) is 24.3 Å². The van der Waals surface area contributed by atoms with E-state index in [0.717, 1.165) is 18.3 Å². The van der Waals surface area contributed by atoms with E-state index in [0.29, 0.717) is 5.56 Å². The molecular weight excluding hydrogens is 321 g/mol. The molecule has 0 saturated heterocycles.